The molecule has 42 heavy (non-hydrogen) atoms. The van der Waals surface area contributed by atoms with E-state index in [4.69, 9.17) is 4.74 Å². The van der Waals surface area contributed by atoms with Gasteiger partial charge in [-0.05, 0) is 34.3 Å². The van der Waals surface area contributed by atoms with Crippen LogP contribution in [0.25, 0.3) is 0 Å². The summed E-state index contributed by atoms with van der Waals surface area (Å²) in [7, 11) is 0. The van der Waals surface area contributed by atoms with Crippen molar-refractivity contribution >= 4 is 17.9 Å². The van der Waals surface area contributed by atoms with Crippen molar-refractivity contribution in [3.8, 4) is 0 Å². The van der Waals surface area contributed by atoms with Crippen LogP contribution < -0.4 is 10.6 Å². The van der Waals surface area contributed by atoms with E-state index in [1.165, 1.54) is 0 Å². The zero-order valence-electron chi connectivity index (χ0n) is 26.6. The molecule has 0 aliphatic rings. The summed E-state index contributed by atoms with van der Waals surface area (Å²) in [5, 5.41) is 17.2. The fourth-order valence-corrected chi connectivity index (χ4v) is 4.61. The van der Waals surface area contributed by atoms with Crippen molar-refractivity contribution in [3.63, 3.8) is 0 Å². The lowest BCUT2D eigenvalue weighted by molar-refractivity contribution is -0.135. The third-order valence-electron chi connectivity index (χ3n) is 6.72. The Bertz CT molecular complexity index is 1120. The first-order valence-corrected chi connectivity index (χ1v) is 14.8. The Labute approximate surface area is 252 Å². The summed E-state index contributed by atoms with van der Waals surface area (Å²) >= 11 is 0. The average Bonchev–Trinajstić information content (AvgIpc) is 2.89. The summed E-state index contributed by atoms with van der Waals surface area (Å²) in [5.74, 6) is -0.259. The molecular formula is C34H51N3O5. The van der Waals surface area contributed by atoms with Crippen LogP contribution in [0.1, 0.15) is 72.9 Å². The molecular weight excluding hydrogens is 530 g/mol. The highest BCUT2D eigenvalue weighted by molar-refractivity contribution is 5.86. The van der Waals surface area contributed by atoms with Gasteiger partial charge in [-0.25, -0.2) is 4.79 Å². The first-order chi connectivity index (χ1) is 19.5. The number of amides is 3. The number of carbonyl (C=O) groups excluding carboxylic acids is 3. The van der Waals surface area contributed by atoms with Crippen molar-refractivity contribution in [2.45, 2.75) is 93.0 Å². The van der Waals surface area contributed by atoms with Gasteiger partial charge in [0.15, 0.2) is 0 Å². The number of nitrogens with one attached hydrogen (secondary N) is 2. The maximum atomic E-state index is 13.7. The predicted molar refractivity (Wildman–Crippen MR) is 167 cm³/mol. The summed E-state index contributed by atoms with van der Waals surface area (Å²) in [6.45, 7) is 16.3. The number of aliphatic hydroxyl groups is 1. The van der Waals surface area contributed by atoms with E-state index in [1.54, 1.807) is 4.90 Å². The van der Waals surface area contributed by atoms with Gasteiger partial charge in [-0.1, -0.05) is 116 Å². The highest BCUT2D eigenvalue weighted by Crippen LogP contribution is 2.22. The Balaban J connectivity index is 2.24. The second kappa shape index (κ2) is 15.7. The van der Waals surface area contributed by atoms with E-state index in [1.807, 2.05) is 116 Å². The number of alkyl carbamates (subject to hydrolysis) is 1. The quantitative estimate of drug-likeness (QED) is 0.296. The highest BCUT2D eigenvalue weighted by atomic mass is 16.5. The summed E-state index contributed by atoms with van der Waals surface area (Å²) in [5.41, 5.74) is 0.920. The van der Waals surface area contributed by atoms with Gasteiger partial charge in [-0.15, -0.1) is 0 Å². The Kier molecular flexibility index (Phi) is 13.0. The normalized spacial score (nSPS) is 14.0. The minimum atomic E-state index is -1.04. The predicted octanol–water partition coefficient (Wildman–Crippen LogP) is 5.34. The molecule has 3 atom stereocenters. The Morgan fingerprint density at radius 1 is 0.833 bits per heavy atom. The standard InChI is InChI=1S/C34H51N3O5/c1-24(2)21-37(29(39)20-33(3,4)5)22-28(38)27(19-25-15-11-9-12-16-25)35-31(40)30(34(6,7)8)36-32(41)42-23-26-17-13-10-14-18-26/h9-18,24,27-28,30,38H,19-23H2,1-8H3,(H,35,40)(H,36,41)/t27-,28+,30+/m0/s1. The lowest BCUT2D eigenvalue weighted by atomic mass is 9.85. The molecule has 2 rings (SSSR count). The average molecular weight is 582 g/mol. The zero-order chi connectivity index (χ0) is 31.5. The van der Waals surface area contributed by atoms with Crippen LogP contribution in [0.2, 0.25) is 0 Å². The minimum Gasteiger partial charge on any atom is -0.445 e. The Morgan fingerprint density at radius 3 is 1.88 bits per heavy atom. The number of ether oxygens (including phenoxy) is 1. The first kappa shape index (κ1) is 34.8. The topological polar surface area (TPSA) is 108 Å². The number of nitrogens with zero attached hydrogens (tertiary/aromatic N) is 1. The summed E-state index contributed by atoms with van der Waals surface area (Å²) in [4.78, 5) is 41.4. The van der Waals surface area contributed by atoms with Gasteiger partial charge in [-0.2, -0.15) is 0 Å². The fourth-order valence-electron chi connectivity index (χ4n) is 4.61. The van der Waals surface area contributed by atoms with Crippen molar-refractivity contribution in [1.82, 2.24) is 15.5 Å². The lowest BCUT2D eigenvalue weighted by Crippen LogP contribution is -2.59. The summed E-state index contributed by atoms with van der Waals surface area (Å²) < 4.78 is 5.38. The number of hydrogen-bond donors (Lipinski definition) is 3. The van der Waals surface area contributed by atoms with E-state index in [2.05, 4.69) is 10.6 Å². The molecule has 0 fully saturated rings. The van der Waals surface area contributed by atoms with Crippen LogP contribution >= 0.6 is 0 Å². The van der Waals surface area contributed by atoms with Gasteiger partial charge in [0, 0.05) is 19.5 Å². The maximum absolute atomic E-state index is 13.7. The minimum absolute atomic E-state index is 0.0320. The first-order valence-electron chi connectivity index (χ1n) is 14.8. The Morgan fingerprint density at radius 2 is 1.38 bits per heavy atom. The number of benzene rings is 2. The molecule has 8 heteroatoms. The van der Waals surface area contributed by atoms with Crippen molar-refractivity contribution in [2.75, 3.05) is 13.1 Å². The van der Waals surface area contributed by atoms with Crippen LogP contribution in [0.5, 0.6) is 0 Å². The molecule has 0 heterocycles. The van der Waals surface area contributed by atoms with Crippen molar-refractivity contribution in [3.05, 3.63) is 71.8 Å². The highest BCUT2D eigenvalue weighted by Gasteiger charge is 2.36. The summed E-state index contributed by atoms with van der Waals surface area (Å²) in [6, 6.07) is 17.3. The van der Waals surface area contributed by atoms with E-state index in [9.17, 15) is 19.5 Å². The molecule has 0 aromatic heterocycles. The SMILES string of the molecule is CC(C)CN(C[C@@H](O)[C@H](Cc1ccccc1)NC(=O)[C@@H](NC(=O)OCc1ccccc1)C(C)(C)C)C(=O)CC(C)(C)C. The molecule has 0 unspecified atom stereocenters. The van der Waals surface area contributed by atoms with Crippen molar-refractivity contribution < 1.29 is 24.2 Å². The molecule has 232 valence electrons. The molecule has 0 saturated heterocycles. The molecule has 3 amide bonds. The van der Waals surface area contributed by atoms with Gasteiger partial charge in [0.1, 0.15) is 12.6 Å². The smallest absolute Gasteiger partial charge is 0.408 e. The molecule has 8 nitrogen and oxygen atoms in total. The van der Waals surface area contributed by atoms with E-state index < -0.39 is 35.6 Å². The molecule has 0 saturated carbocycles. The second-order valence-electron chi connectivity index (χ2n) is 13.8. The fraction of sp³-hybridized carbons (Fsp3) is 0.559. The molecule has 0 aliphatic heterocycles. The van der Waals surface area contributed by atoms with E-state index in [0.717, 1.165) is 11.1 Å². The molecule has 2 aromatic rings. The molecule has 3 N–H and O–H groups in total. The van der Waals surface area contributed by atoms with Gasteiger partial charge in [0.25, 0.3) is 0 Å². The third kappa shape index (κ3) is 12.6. The van der Waals surface area contributed by atoms with Crippen LogP contribution in [0.15, 0.2) is 60.7 Å². The number of aliphatic hydroxyl groups excluding tert-OH is 1. The van der Waals surface area contributed by atoms with Crippen LogP contribution in [-0.2, 0) is 27.4 Å². The number of rotatable bonds is 13. The van der Waals surface area contributed by atoms with Gasteiger partial charge >= 0.3 is 6.09 Å². The van der Waals surface area contributed by atoms with E-state index in [-0.39, 0.29) is 30.4 Å². The number of carbonyl (C=O) groups is 3. The second-order valence-corrected chi connectivity index (χ2v) is 13.8. The van der Waals surface area contributed by atoms with Crippen molar-refractivity contribution in [2.24, 2.45) is 16.7 Å². The van der Waals surface area contributed by atoms with Gasteiger partial charge < -0.3 is 25.4 Å². The molecule has 0 radical (unpaired) electrons. The van der Waals surface area contributed by atoms with Gasteiger partial charge in [0.2, 0.25) is 11.8 Å². The van der Waals surface area contributed by atoms with Crippen molar-refractivity contribution in [1.29, 1.82) is 0 Å². The van der Waals surface area contributed by atoms with E-state index >= 15 is 0 Å². The molecule has 0 bridgehead atoms. The lowest BCUT2D eigenvalue weighted by Gasteiger charge is -2.35. The van der Waals surface area contributed by atoms with E-state index in [0.29, 0.717) is 19.4 Å². The number of hydrogen-bond acceptors (Lipinski definition) is 5. The molecule has 0 spiro atoms. The zero-order valence-corrected chi connectivity index (χ0v) is 26.6. The van der Waals surface area contributed by atoms with Gasteiger partial charge in [0.05, 0.1) is 12.1 Å². The Hall–Kier alpha value is -3.39. The maximum Gasteiger partial charge on any atom is 0.408 e. The van der Waals surface area contributed by atoms with Crippen LogP contribution in [0.3, 0.4) is 0 Å². The van der Waals surface area contributed by atoms with Crippen LogP contribution in [-0.4, -0.2) is 59.2 Å². The molecule has 0 aliphatic carbocycles. The summed E-state index contributed by atoms with van der Waals surface area (Å²) in [6.07, 6.45) is -1.04. The largest absolute Gasteiger partial charge is 0.445 e. The van der Waals surface area contributed by atoms with Crippen LogP contribution in [0, 0.1) is 16.7 Å². The van der Waals surface area contributed by atoms with Gasteiger partial charge in [-0.3, -0.25) is 9.59 Å². The van der Waals surface area contributed by atoms with Crippen LogP contribution in [0.4, 0.5) is 4.79 Å². The third-order valence-corrected chi connectivity index (χ3v) is 6.72. The monoisotopic (exact) mass is 581 g/mol. The molecule has 2 aromatic carbocycles.